The van der Waals surface area contributed by atoms with E-state index in [0.717, 1.165) is 5.75 Å². The van der Waals surface area contributed by atoms with Crippen molar-refractivity contribution in [1.82, 2.24) is 10.6 Å². The molecule has 3 amide bonds. The van der Waals surface area contributed by atoms with Crippen molar-refractivity contribution in [1.29, 1.82) is 0 Å². The van der Waals surface area contributed by atoms with Gasteiger partial charge in [-0.1, -0.05) is 0 Å². The van der Waals surface area contributed by atoms with Gasteiger partial charge in [0.05, 0.1) is 13.7 Å². The molecule has 132 valence electrons. The molecule has 1 aromatic rings. The third kappa shape index (κ3) is 8.02. The zero-order chi connectivity index (χ0) is 17.8. The highest BCUT2D eigenvalue weighted by Crippen LogP contribution is 2.17. The van der Waals surface area contributed by atoms with Gasteiger partial charge in [0.1, 0.15) is 11.5 Å². The molecule has 1 rings (SSSR count). The SMILES string of the molecule is CCNC(=O)NC(=O)COC(=O)CCCOc1ccc(OC)cc1. The molecule has 0 aliphatic rings. The third-order valence-corrected chi connectivity index (χ3v) is 2.81. The van der Waals surface area contributed by atoms with Crippen LogP contribution in [0, 0.1) is 0 Å². The topological polar surface area (TPSA) is 103 Å². The number of benzene rings is 1. The second-order valence-corrected chi connectivity index (χ2v) is 4.70. The van der Waals surface area contributed by atoms with Crippen LogP contribution in [0.5, 0.6) is 11.5 Å². The van der Waals surface area contributed by atoms with Crippen molar-refractivity contribution in [3.63, 3.8) is 0 Å². The molecule has 0 heterocycles. The van der Waals surface area contributed by atoms with Gasteiger partial charge in [0, 0.05) is 13.0 Å². The van der Waals surface area contributed by atoms with Crippen LogP contribution < -0.4 is 20.1 Å². The molecule has 8 nitrogen and oxygen atoms in total. The first-order valence-corrected chi connectivity index (χ1v) is 7.55. The smallest absolute Gasteiger partial charge is 0.321 e. The highest BCUT2D eigenvalue weighted by Gasteiger charge is 2.10. The Morgan fingerprint density at radius 2 is 1.75 bits per heavy atom. The average Bonchev–Trinajstić information content (AvgIpc) is 2.57. The summed E-state index contributed by atoms with van der Waals surface area (Å²) in [5.41, 5.74) is 0. The average molecular weight is 338 g/mol. The third-order valence-electron chi connectivity index (χ3n) is 2.81. The minimum atomic E-state index is -0.677. The maximum Gasteiger partial charge on any atom is 0.321 e. The maximum absolute atomic E-state index is 11.5. The summed E-state index contributed by atoms with van der Waals surface area (Å²) < 4.78 is 15.3. The molecule has 1 aromatic carbocycles. The minimum Gasteiger partial charge on any atom is -0.497 e. The number of rotatable bonds is 9. The fourth-order valence-electron chi connectivity index (χ4n) is 1.66. The van der Waals surface area contributed by atoms with Crippen LogP contribution in [0.4, 0.5) is 4.79 Å². The summed E-state index contributed by atoms with van der Waals surface area (Å²) in [5.74, 6) is 0.200. The Labute approximate surface area is 140 Å². The molecule has 0 radical (unpaired) electrons. The zero-order valence-electron chi connectivity index (χ0n) is 13.8. The highest BCUT2D eigenvalue weighted by atomic mass is 16.5. The Hall–Kier alpha value is -2.77. The maximum atomic E-state index is 11.5. The Balaban J connectivity index is 2.13. The lowest BCUT2D eigenvalue weighted by molar-refractivity contribution is -0.148. The van der Waals surface area contributed by atoms with E-state index in [9.17, 15) is 14.4 Å². The van der Waals surface area contributed by atoms with Crippen LogP contribution in [0.2, 0.25) is 0 Å². The number of ether oxygens (including phenoxy) is 3. The largest absolute Gasteiger partial charge is 0.497 e. The van der Waals surface area contributed by atoms with E-state index in [4.69, 9.17) is 14.2 Å². The predicted molar refractivity (Wildman–Crippen MR) is 85.9 cm³/mol. The van der Waals surface area contributed by atoms with Crippen molar-refractivity contribution in [2.45, 2.75) is 19.8 Å². The molecule has 0 saturated carbocycles. The van der Waals surface area contributed by atoms with E-state index in [0.29, 0.717) is 25.3 Å². The number of nitrogens with one attached hydrogen (secondary N) is 2. The number of amides is 3. The lowest BCUT2D eigenvalue weighted by atomic mass is 10.3. The summed E-state index contributed by atoms with van der Waals surface area (Å²) in [6.07, 6.45) is 0.563. The number of hydrogen-bond acceptors (Lipinski definition) is 6. The van der Waals surface area contributed by atoms with Crippen LogP contribution in [0.3, 0.4) is 0 Å². The standard InChI is InChI=1S/C16H22N2O6/c1-3-17-16(21)18-14(19)11-24-15(20)5-4-10-23-13-8-6-12(22-2)7-9-13/h6-9H,3-5,10-11H2,1-2H3,(H2,17,18,19,21). The van der Waals surface area contributed by atoms with Crippen molar-refractivity contribution in [2.24, 2.45) is 0 Å². The summed E-state index contributed by atoms with van der Waals surface area (Å²) in [4.78, 5) is 33.9. The first-order valence-electron chi connectivity index (χ1n) is 7.55. The monoisotopic (exact) mass is 338 g/mol. The number of methoxy groups -OCH3 is 1. The van der Waals surface area contributed by atoms with Crippen molar-refractivity contribution in [3.05, 3.63) is 24.3 Å². The van der Waals surface area contributed by atoms with Gasteiger partial charge in [0.25, 0.3) is 5.91 Å². The second kappa shape index (κ2) is 10.9. The molecule has 0 unspecified atom stereocenters. The van der Waals surface area contributed by atoms with Gasteiger partial charge in [0.15, 0.2) is 6.61 Å². The van der Waals surface area contributed by atoms with Crippen molar-refractivity contribution >= 4 is 17.9 Å². The minimum absolute atomic E-state index is 0.116. The quantitative estimate of drug-likeness (QED) is 0.519. The summed E-state index contributed by atoms with van der Waals surface area (Å²) in [6.45, 7) is 1.97. The van der Waals surface area contributed by atoms with E-state index < -0.39 is 24.5 Å². The van der Waals surface area contributed by atoms with Crippen LogP contribution in [-0.4, -0.2) is 44.8 Å². The number of imide groups is 1. The number of carbonyl (C=O) groups is 3. The van der Waals surface area contributed by atoms with Crippen LogP contribution in [-0.2, 0) is 14.3 Å². The number of carbonyl (C=O) groups excluding carboxylic acids is 3. The van der Waals surface area contributed by atoms with Crippen LogP contribution in [0.25, 0.3) is 0 Å². The van der Waals surface area contributed by atoms with E-state index >= 15 is 0 Å². The zero-order valence-corrected chi connectivity index (χ0v) is 13.8. The molecule has 0 atom stereocenters. The van der Waals surface area contributed by atoms with Gasteiger partial charge in [-0.05, 0) is 37.6 Å². The van der Waals surface area contributed by atoms with Crippen molar-refractivity contribution < 1.29 is 28.6 Å². The van der Waals surface area contributed by atoms with Gasteiger partial charge in [-0.3, -0.25) is 14.9 Å². The number of hydrogen-bond donors (Lipinski definition) is 2. The molecule has 0 saturated heterocycles. The molecule has 0 fully saturated rings. The van der Waals surface area contributed by atoms with Crippen molar-refractivity contribution in [3.8, 4) is 11.5 Å². The lowest BCUT2D eigenvalue weighted by Crippen LogP contribution is -2.41. The van der Waals surface area contributed by atoms with Gasteiger partial charge in [-0.2, -0.15) is 0 Å². The summed E-state index contributed by atoms with van der Waals surface area (Å²) >= 11 is 0. The Bertz CT molecular complexity index is 544. The first kappa shape index (κ1) is 19.3. The van der Waals surface area contributed by atoms with E-state index in [1.54, 1.807) is 38.3 Å². The summed E-state index contributed by atoms with van der Waals surface area (Å²) in [7, 11) is 1.58. The predicted octanol–water partition coefficient (Wildman–Crippen LogP) is 1.24. The van der Waals surface area contributed by atoms with Crippen LogP contribution in [0.1, 0.15) is 19.8 Å². The van der Waals surface area contributed by atoms with Gasteiger partial charge >= 0.3 is 12.0 Å². The fraction of sp³-hybridized carbons (Fsp3) is 0.438. The Morgan fingerprint density at radius 1 is 1.08 bits per heavy atom. The normalized spacial score (nSPS) is 9.75. The highest BCUT2D eigenvalue weighted by molar-refractivity contribution is 5.95. The molecule has 0 aromatic heterocycles. The van der Waals surface area contributed by atoms with E-state index in [2.05, 4.69) is 5.32 Å². The number of urea groups is 1. The molecule has 0 spiro atoms. The van der Waals surface area contributed by atoms with E-state index in [1.807, 2.05) is 5.32 Å². The van der Waals surface area contributed by atoms with Gasteiger partial charge in [0.2, 0.25) is 0 Å². The summed E-state index contributed by atoms with van der Waals surface area (Å²) in [6, 6.07) is 6.46. The Morgan fingerprint density at radius 3 is 2.38 bits per heavy atom. The van der Waals surface area contributed by atoms with Crippen molar-refractivity contribution in [2.75, 3.05) is 26.9 Å². The molecule has 2 N–H and O–H groups in total. The molecular formula is C16H22N2O6. The number of esters is 1. The van der Waals surface area contributed by atoms with Gasteiger partial charge in [-0.15, -0.1) is 0 Å². The molecule has 24 heavy (non-hydrogen) atoms. The lowest BCUT2D eigenvalue weighted by Gasteiger charge is -2.08. The van der Waals surface area contributed by atoms with Crippen LogP contribution in [0.15, 0.2) is 24.3 Å². The van der Waals surface area contributed by atoms with Crippen LogP contribution >= 0.6 is 0 Å². The van der Waals surface area contributed by atoms with E-state index in [-0.39, 0.29) is 6.42 Å². The first-order chi connectivity index (χ1) is 11.5. The van der Waals surface area contributed by atoms with E-state index in [1.165, 1.54) is 0 Å². The molecular weight excluding hydrogens is 316 g/mol. The Kier molecular flexibility index (Phi) is 8.73. The molecule has 8 heteroatoms. The molecule has 0 bridgehead atoms. The van der Waals surface area contributed by atoms with Gasteiger partial charge in [-0.25, -0.2) is 4.79 Å². The second-order valence-electron chi connectivity index (χ2n) is 4.70. The molecule has 0 aliphatic carbocycles. The summed E-state index contributed by atoms with van der Waals surface area (Å²) in [5, 5.41) is 4.43. The fourth-order valence-corrected chi connectivity index (χ4v) is 1.66. The molecule has 0 aliphatic heterocycles. The van der Waals surface area contributed by atoms with Gasteiger partial charge < -0.3 is 19.5 Å².